The summed E-state index contributed by atoms with van der Waals surface area (Å²) in [6, 6.07) is 2.28. The third-order valence-corrected chi connectivity index (χ3v) is 1.69. The number of alkyl halides is 1. The molecule has 0 aliphatic carbocycles. The van der Waals surface area contributed by atoms with Crippen molar-refractivity contribution in [3.8, 4) is 17.6 Å². The maximum atomic E-state index is 13.0. The van der Waals surface area contributed by atoms with Crippen molar-refractivity contribution in [1.82, 2.24) is 0 Å². The molecule has 1 aromatic rings. The van der Waals surface area contributed by atoms with Crippen molar-refractivity contribution in [3.05, 3.63) is 29.3 Å². The van der Waals surface area contributed by atoms with Gasteiger partial charge in [0.2, 0.25) is 5.82 Å². The van der Waals surface area contributed by atoms with Crippen molar-refractivity contribution in [3.63, 3.8) is 0 Å². The first kappa shape index (κ1) is 10.8. The summed E-state index contributed by atoms with van der Waals surface area (Å²) in [6.45, 7) is 0. The van der Waals surface area contributed by atoms with Crippen molar-refractivity contribution >= 4 is 11.6 Å². The number of phenolic OH excluding ortho intramolecular Hbond substituents is 1. The molecule has 0 spiro atoms. The van der Waals surface area contributed by atoms with E-state index in [0.717, 1.165) is 6.07 Å². The Kier molecular flexibility index (Phi) is 3.73. The SMILES string of the molecule is Oc1ccc(C#CCCCl)c(F)c1F. The van der Waals surface area contributed by atoms with E-state index >= 15 is 0 Å². The van der Waals surface area contributed by atoms with Gasteiger partial charge in [-0.25, -0.2) is 4.39 Å². The zero-order valence-corrected chi connectivity index (χ0v) is 7.91. The zero-order chi connectivity index (χ0) is 10.6. The van der Waals surface area contributed by atoms with Crippen molar-refractivity contribution in [2.24, 2.45) is 0 Å². The lowest BCUT2D eigenvalue weighted by molar-refractivity contribution is 0.406. The van der Waals surface area contributed by atoms with Crippen molar-refractivity contribution in [1.29, 1.82) is 0 Å². The van der Waals surface area contributed by atoms with E-state index in [9.17, 15) is 8.78 Å². The molecule has 4 heteroatoms. The smallest absolute Gasteiger partial charge is 0.201 e. The Morgan fingerprint density at radius 2 is 2.00 bits per heavy atom. The Bertz CT molecular complexity index is 393. The van der Waals surface area contributed by atoms with Crippen LogP contribution < -0.4 is 0 Å². The lowest BCUT2D eigenvalue weighted by Crippen LogP contribution is -1.89. The van der Waals surface area contributed by atoms with Crippen LogP contribution in [-0.2, 0) is 0 Å². The summed E-state index contributed by atoms with van der Waals surface area (Å²) in [5.41, 5.74) is -0.0783. The molecule has 1 aromatic carbocycles. The minimum absolute atomic E-state index is 0.0783. The molecule has 0 aromatic heterocycles. The highest BCUT2D eigenvalue weighted by Crippen LogP contribution is 2.20. The summed E-state index contributed by atoms with van der Waals surface area (Å²) >= 11 is 5.35. The summed E-state index contributed by atoms with van der Waals surface area (Å²) in [6.07, 6.45) is 0.406. The molecule has 1 N–H and O–H groups in total. The number of phenols is 1. The summed E-state index contributed by atoms with van der Waals surface area (Å²) in [4.78, 5) is 0. The fourth-order valence-corrected chi connectivity index (χ4v) is 0.935. The number of hydrogen-bond acceptors (Lipinski definition) is 1. The van der Waals surface area contributed by atoms with Crippen LogP contribution in [0.2, 0.25) is 0 Å². The van der Waals surface area contributed by atoms with Gasteiger partial charge in [-0.05, 0) is 12.1 Å². The summed E-state index contributed by atoms with van der Waals surface area (Å²) in [5.74, 6) is 2.21. The molecule has 0 aliphatic rings. The molecule has 0 atom stereocenters. The third-order valence-electron chi connectivity index (χ3n) is 1.50. The Balaban J connectivity index is 3.02. The van der Waals surface area contributed by atoms with E-state index in [-0.39, 0.29) is 5.56 Å². The highest BCUT2D eigenvalue weighted by Gasteiger charge is 2.10. The molecular formula is C10H7ClF2O. The quantitative estimate of drug-likeness (QED) is 0.565. The Hall–Kier alpha value is -1.27. The van der Waals surface area contributed by atoms with E-state index in [1.54, 1.807) is 0 Å². The third kappa shape index (κ3) is 2.36. The fraction of sp³-hybridized carbons (Fsp3) is 0.200. The first-order valence-corrected chi connectivity index (χ1v) is 4.42. The molecule has 0 heterocycles. The van der Waals surface area contributed by atoms with Crippen LogP contribution in [0.1, 0.15) is 12.0 Å². The second-order valence-electron chi connectivity index (χ2n) is 2.50. The van der Waals surface area contributed by atoms with Gasteiger partial charge in [0.25, 0.3) is 0 Å². The standard InChI is InChI=1S/C10H7ClF2O/c11-6-2-1-3-7-4-5-8(14)10(13)9(7)12/h4-5,14H,2,6H2. The predicted molar refractivity (Wildman–Crippen MR) is 50.2 cm³/mol. The molecule has 14 heavy (non-hydrogen) atoms. The summed E-state index contributed by atoms with van der Waals surface area (Å²) in [7, 11) is 0. The second kappa shape index (κ2) is 4.83. The van der Waals surface area contributed by atoms with E-state index in [1.165, 1.54) is 6.07 Å². The molecule has 1 rings (SSSR count). The maximum Gasteiger partial charge on any atom is 0.201 e. The molecule has 0 bridgehead atoms. The highest BCUT2D eigenvalue weighted by molar-refractivity contribution is 6.18. The van der Waals surface area contributed by atoms with Gasteiger partial charge < -0.3 is 5.11 Å². The Labute approximate surface area is 85.3 Å². The highest BCUT2D eigenvalue weighted by atomic mass is 35.5. The molecule has 0 amide bonds. The largest absolute Gasteiger partial charge is 0.505 e. The van der Waals surface area contributed by atoms with Gasteiger partial charge >= 0.3 is 0 Å². The van der Waals surface area contributed by atoms with Crippen LogP contribution in [0.3, 0.4) is 0 Å². The van der Waals surface area contributed by atoms with Crippen LogP contribution in [0, 0.1) is 23.5 Å². The number of hydrogen-bond donors (Lipinski definition) is 1. The van der Waals surface area contributed by atoms with Gasteiger partial charge in [0, 0.05) is 12.3 Å². The van der Waals surface area contributed by atoms with Crippen LogP contribution in [0.5, 0.6) is 5.75 Å². The first-order chi connectivity index (χ1) is 6.66. The molecule has 0 radical (unpaired) electrons. The molecule has 0 aliphatic heterocycles. The molecule has 0 saturated heterocycles. The minimum Gasteiger partial charge on any atom is -0.505 e. The van der Waals surface area contributed by atoms with Gasteiger partial charge in [0.15, 0.2) is 11.6 Å². The van der Waals surface area contributed by atoms with Crippen LogP contribution in [-0.4, -0.2) is 11.0 Å². The van der Waals surface area contributed by atoms with Crippen molar-refractivity contribution in [2.45, 2.75) is 6.42 Å². The van der Waals surface area contributed by atoms with Gasteiger partial charge in [0.05, 0.1) is 5.56 Å². The predicted octanol–water partition coefficient (Wildman–Crippen LogP) is 2.65. The minimum atomic E-state index is -1.28. The molecule has 0 fully saturated rings. The Morgan fingerprint density at radius 3 is 2.64 bits per heavy atom. The van der Waals surface area contributed by atoms with Gasteiger partial charge in [0.1, 0.15) is 0 Å². The second-order valence-corrected chi connectivity index (χ2v) is 2.88. The average molecular weight is 217 g/mol. The monoisotopic (exact) mass is 216 g/mol. The van der Waals surface area contributed by atoms with Crippen LogP contribution in [0.25, 0.3) is 0 Å². The van der Waals surface area contributed by atoms with Gasteiger partial charge in [-0.15, -0.1) is 11.6 Å². The van der Waals surface area contributed by atoms with Crippen molar-refractivity contribution < 1.29 is 13.9 Å². The number of rotatable bonds is 1. The topological polar surface area (TPSA) is 20.2 Å². The summed E-state index contributed by atoms with van der Waals surface area (Å²) < 4.78 is 25.8. The number of aromatic hydroxyl groups is 1. The molecule has 74 valence electrons. The van der Waals surface area contributed by atoms with E-state index in [2.05, 4.69) is 11.8 Å². The Morgan fingerprint density at radius 1 is 1.29 bits per heavy atom. The molecule has 1 nitrogen and oxygen atoms in total. The molecular weight excluding hydrogens is 210 g/mol. The van der Waals surface area contributed by atoms with E-state index < -0.39 is 17.4 Å². The zero-order valence-electron chi connectivity index (χ0n) is 7.15. The lowest BCUT2D eigenvalue weighted by Gasteiger charge is -1.98. The normalized spacial score (nSPS) is 9.36. The van der Waals surface area contributed by atoms with E-state index in [0.29, 0.717) is 12.3 Å². The van der Waals surface area contributed by atoms with Gasteiger partial charge in [-0.2, -0.15) is 4.39 Å². The number of halogens is 3. The molecule has 0 saturated carbocycles. The number of benzene rings is 1. The lowest BCUT2D eigenvalue weighted by atomic mass is 10.2. The van der Waals surface area contributed by atoms with Gasteiger partial charge in [-0.3, -0.25) is 0 Å². The average Bonchev–Trinajstić information content (AvgIpc) is 2.18. The van der Waals surface area contributed by atoms with Crippen LogP contribution in [0.15, 0.2) is 12.1 Å². The maximum absolute atomic E-state index is 13.0. The van der Waals surface area contributed by atoms with E-state index in [4.69, 9.17) is 16.7 Å². The first-order valence-electron chi connectivity index (χ1n) is 3.88. The molecule has 0 unspecified atom stereocenters. The fourth-order valence-electron chi connectivity index (χ4n) is 0.841. The van der Waals surface area contributed by atoms with Crippen molar-refractivity contribution in [2.75, 3.05) is 5.88 Å². The van der Waals surface area contributed by atoms with Crippen LogP contribution >= 0.6 is 11.6 Å². The van der Waals surface area contributed by atoms with Crippen LogP contribution in [0.4, 0.5) is 8.78 Å². The van der Waals surface area contributed by atoms with Gasteiger partial charge in [-0.1, -0.05) is 11.8 Å². The van der Waals surface area contributed by atoms with E-state index in [1.807, 2.05) is 0 Å². The summed E-state index contributed by atoms with van der Waals surface area (Å²) in [5, 5.41) is 8.81.